The molecule has 3 N–H and O–H groups in total. The summed E-state index contributed by atoms with van der Waals surface area (Å²) in [6, 6.07) is 2.58. The summed E-state index contributed by atoms with van der Waals surface area (Å²) in [5.41, 5.74) is 6.40. The predicted octanol–water partition coefficient (Wildman–Crippen LogP) is 2.80. The highest BCUT2D eigenvalue weighted by atomic mass is 32.2. The molecule has 0 spiro atoms. The average molecular weight is 378 g/mol. The summed E-state index contributed by atoms with van der Waals surface area (Å²) in [5.74, 6) is -2.22. The molecule has 1 aromatic heterocycles. The number of aromatic nitrogens is 3. The van der Waals surface area contributed by atoms with E-state index in [1.54, 1.807) is 20.8 Å². The van der Waals surface area contributed by atoms with Gasteiger partial charge in [-0.1, -0.05) is 26.8 Å². The zero-order valence-corrected chi connectivity index (χ0v) is 14.5. The maximum atomic E-state index is 12.8. The van der Waals surface area contributed by atoms with Crippen molar-refractivity contribution in [2.75, 3.05) is 5.73 Å². The highest BCUT2D eigenvalue weighted by molar-refractivity contribution is 7.85. The number of nitrogens with zero attached hydrogens (tertiary/aromatic N) is 3. The lowest BCUT2D eigenvalue weighted by Gasteiger charge is -2.16. The monoisotopic (exact) mass is 378 g/mol. The maximum Gasteiger partial charge on any atom is 0.453 e. The topological polar surface area (TPSA) is 111 Å². The SMILES string of the molecule is CCc1cc(C(C)C)c(S(=O)(=O)O)cc1-n1nc(C(F)(F)F)nc1N. The molecule has 2 aromatic rings. The van der Waals surface area contributed by atoms with Crippen molar-refractivity contribution < 1.29 is 26.1 Å². The van der Waals surface area contributed by atoms with Crippen LogP contribution in [0, 0.1) is 0 Å². The molecule has 0 aliphatic heterocycles. The van der Waals surface area contributed by atoms with Crippen LogP contribution >= 0.6 is 0 Å². The van der Waals surface area contributed by atoms with E-state index in [-0.39, 0.29) is 11.6 Å². The highest BCUT2D eigenvalue weighted by Gasteiger charge is 2.37. The van der Waals surface area contributed by atoms with Crippen molar-refractivity contribution in [3.63, 3.8) is 0 Å². The van der Waals surface area contributed by atoms with Gasteiger partial charge in [-0.25, -0.2) is 0 Å². The summed E-state index contributed by atoms with van der Waals surface area (Å²) >= 11 is 0. The molecule has 2 rings (SSSR count). The predicted molar refractivity (Wildman–Crippen MR) is 84.1 cm³/mol. The van der Waals surface area contributed by atoms with E-state index in [4.69, 9.17) is 5.73 Å². The van der Waals surface area contributed by atoms with Gasteiger partial charge < -0.3 is 5.73 Å². The Bertz CT molecular complexity index is 905. The van der Waals surface area contributed by atoms with Gasteiger partial charge in [0.05, 0.1) is 10.6 Å². The number of halogens is 3. The zero-order chi connectivity index (χ0) is 19.2. The molecule has 0 unspecified atom stereocenters. The van der Waals surface area contributed by atoms with Gasteiger partial charge in [-0.2, -0.15) is 31.3 Å². The largest absolute Gasteiger partial charge is 0.453 e. The Balaban J connectivity index is 2.80. The van der Waals surface area contributed by atoms with E-state index in [9.17, 15) is 26.1 Å². The molecule has 0 amide bonds. The van der Waals surface area contributed by atoms with Crippen LogP contribution in [0.4, 0.5) is 19.1 Å². The molecule has 138 valence electrons. The molecule has 0 aliphatic rings. The number of benzene rings is 1. The molecule has 0 atom stereocenters. The average Bonchev–Trinajstić information content (AvgIpc) is 2.86. The van der Waals surface area contributed by atoms with Gasteiger partial charge in [-0.15, -0.1) is 5.10 Å². The minimum absolute atomic E-state index is 0.0139. The first kappa shape index (κ1) is 19.2. The van der Waals surface area contributed by atoms with Gasteiger partial charge in [0.15, 0.2) is 0 Å². The Morgan fingerprint density at radius 2 is 1.92 bits per heavy atom. The van der Waals surface area contributed by atoms with E-state index in [1.807, 2.05) is 0 Å². The van der Waals surface area contributed by atoms with Gasteiger partial charge in [0, 0.05) is 0 Å². The van der Waals surface area contributed by atoms with Crippen LogP contribution in [0.25, 0.3) is 5.69 Å². The Labute approximate surface area is 142 Å². The zero-order valence-electron chi connectivity index (χ0n) is 13.7. The van der Waals surface area contributed by atoms with Crippen LogP contribution in [0.2, 0.25) is 0 Å². The lowest BCUT2D eigenvalue weighted by atomic mass is 9.98. The summed E-state index contributed by atoms with van der Waals surface area (Å²) in [5, 5.41) is 3.34. The quantitative estimate of drug-likeness (QED) is 0.792. The van der Waals surface area contributed by atoms with Crippen molar-refractivity contribution in [3.05, 3.63) is 29.1 Å². The van der Waals surface area contributed by atoms with Crippen LogP contribution in [0.5, 0.6) is 0 Å². The molecule has 7 nitrogen and oxygen atoms in total. The molecule has 11 heteroatoms. The van der Waals surface area contributed by atoms with Crippen LogP contribution in [-0.4, -0.2) is 27.7 Å². The van der Waals surface area contributed by atoms with Gasteiger partial charge in [-0.05, 0) is 29.5 Å². The fourth-order valence-electron chi connectivity index (χ4n) is 2.41. The van der Waals surface area contributed by atoms with E-state index in [2.05, 4.69) is 10.1 Å². The third-order valence-corrected chi connectivity index (χ3v) is 4.52. The fraction of sp³-hybridized carbons (Fsp3) is 0.429. The van der Waals surface area contributed by atoms with Gasteiger partial charge in [0.1, 0.15) is 0 Å². The first-order valence-electron chi connectivity index (χ1n) is 7.30. The number of hydrogen-bond acceptors (Lipinski definition) is 5. The summed E-state index contributed by atoms with van der Waals surface area (Å²) < 4.78 is 71.9. The van der Waals surface area contributed by atoms with Crippen molar-refractivity contribution in [3.8, 4) is 5.69 Å². The molecule has 0 radical (unpaired) electrons. The second kappa shape index (κ2) is 6.30. The second-order valence-electron chi connectivity index (χ2n) is 5.71. The van der Waals surface area contributed by atoms with Gasteiger partial charge >= 0.3 is 6.18 Å². The molecule has 0 saturated heterocycles. The lowest BCUT2D eigenvalue weighted by Crippen LogP contribution is -2.12. The minimum atomic E-state index is -4.80. The highest BCUT2D eigenvalue weighted by Crippen LogP contribution is 2.32. The minimum Gasteiger partial charge on any atom is -0.368 e. The number of hydrogen-bond donors (Lipinski definition) is 2. The Morgan fingerprint density at radius 3 is 2.32 bits per heavy atom. The Morgan fingerprint density at radius 1 is 1.32 bits per heavy atom. The van der Waals surface area contributed by atoms with Gasteiger partial charge in [-0.3, -0.25) is 4.55 Å². The Kier molecular flexibility index (Phi) is 4.83. The number of rotatable bonds is 4. The van der Waals surface area contributed by atoms with Gasteiger partial charge in [0.2, 0.25) is 5.95 Å². The summed E-state index contributed by atoms with van der Waals surface area (Å²) in [6.45, 7) is 5.21. The molecule has 1 aromatic carbocycles. The molecule has 0 saturated carbocycles. The second-order valence-corrected chi connectivity index (χ2v) is 7.10. The van der Waals surface area contributed by atoms with Gasteiger partial charge in [0.25, 0.3) is 15.9 Å². The molecule has 0 bridgehead atoms. The van der Waals surface area contributed by atoms with E-state index in [1.165, 1.54) is 6.07 Å². The normalized spacial score (nSPS) is 12.8. The molecule has 25 heavy (non-hydrogen) atoms. The van der Waals surface area contributed by atoms with Crippen LogP contribution in [0.1, 0.15) is 43.6 Å². The van der Waals surface area contributed by atoms with Crippen LogP contribution in [-0.2, 0) is 22.7 Å². The molecule has 0 fully saturated rings. The lowest BCUT2D eigenvalue weighted by molar-refractivity contribution is -0.144. The number of aryl methyl sites for hydroxylation is 1. The van der Waals surface area contributed by atoms with E-state index >= 15 is 0 Å². The smallest absolute Gasteiger partial charge is 0.368 e. The van der Waals surface area contributed by atoms with Crippen molar-refractivity contribution in [1.82, 2.24) is 14.8 Å². The summed E-state index contributed by atoms with van der Waals surface area (Å²) in [6.07, 6.45) is -4.42. The first-order chi connectivity index (χ1) is 11.4. The summed E-state index contributed by atoms with van der Waals surface area (Å²) in [4.78, 5) is 2.77. The molecular formula is C14H17F3N4O3S. The third-order valence-electron chi connectivity index (χ3n) is 3.61. The van der Waals surface area contributed by atoms with Crippen molar-refractivity contribution in [2.24, 2.45) is 0 Å². The van der Waals surface area contributed by atoms with Crippen LogP contribution < -0.4 is 5.73 Å². The van der Waals surface area contributed by atoms with Crippen LogP contribution in [0.15, 0.2) is 17.0 Å². The third kappa shape index (κ3) is 3.76. The standard InChI is InChI=1S/C14H17F3N4O3S/c1-4-8-5-9(7(2)3)11(25(22,23)24)6-10(8)21-13(18)19-12(20-21)14(15,16)17/h5-7H,4H2,1-3H3,(H2,18,19,20)(H,22,23,24). The number of nitrogen functional groups attached to an aromatic ring is 1. The molecular weight excluding hydrogens is 361 g/mol. The van der Waals surface area contributed by atoms with Crippen molar-refractivity contribution >= 4 is 16.1 Å². The van der Waals surface area contributed by atoms with Crippen molar-refractivity contribution in [2.45, 2.75) is 44.2 Å². The number of alkyl halides is 3. The molecule has 0 aliphatic carbocycles. The first-order valence-corrected chi connectivity index (χ1v) is 8.74. The number of anilines is 1. The van der Waals surface area contributed by atoms with E-state index in [0.717, 1.165) is 10.7 Å². The fourth-order valence-corrected chi connectivity index (χ4v) is 3.26. The molecule has 1 heterocycles. The maximum absolute atomic E-state index is 12.8. The van der Waals surface area contributed by atoms with Crippen molar-refractivity contribution in [1.29, 1.82) is 0 Å². The van der Waals surface area contributed by atoms with Crippen LogP contribution in [0.3, 0.4) is 0 Å². The van der Waals surface area contributed by atoms with E-state index < -0.39 is 33.0 Å². The summed E-state index contributed by atoms with van der Waals surface area (Å²) in [7, 11) is -4.59. The number of nitrogens with two attached hydrogens (primary N) is 1. The Hall–Kier alpha value is -2.14. The van der Waals surface area contributed by atoms with E-state index in [0.29, 0.717) is 17.5 Å².